The van der Waals surface area contributed by atoms with Gasteiger partial charge in [0.05, 0.1) is 27.6 Å². The fourth-order valence-electron chi connectivity index (χ4n) is 4.12. The minimum atomic E-state index is 0.977. The molecular weight excluding hydrogens is 330 g/mol. The highest BCUT2D eigenvalue weighted by molar-refractivity contribution is 6.14. The van der Waals surface area contributed by atoms with Crippen molar-refractivity contribution in [3.8, 4) is 0 Å². The van der Waals surface area contributed by atoms with Gasteiger partial charge >= 0.3 is 0 Å². The Morgan fingerprint density at radius 1 is 0.741 bits per heavy atom. The molecule has 3 aromatic carbocycles. The fraction of sp³-hybridized carbons (Fsp3) is 0.0833. The Bertz CT molecular complexity index is 1510. The zero-order valence-electron chi connectivity index (χ0n) is 15.0. The molecule has 0 radical (unpaired) electrons. The summed E-state index contributed by atoms with van der Waals surface area (Å²) in [5.41, 5.74) is 7.67. The molecule has 3 heterocycles. The minimum absolute atomic E-state index is 0.977. The summed E-state index contributed by atoms with van der Waals surface area (Å²) >= 11 is 0. The quantitative estimate of drug-likeness (QED) is 0.274. The second-order valence-electron chi connectivity index (χ2n) is 7.04. The van der Waals surface area contributed by atoms with Crippen molar-refractivity contribution in [1.29, 1.82) is 0 Å². The first-order valence-corrected chi connectivity index (χ1v) is 9.35. The molecule has 0 aliphatic rings. The van der Waals surface area contributed by atoms with Gasteiger partial charge in [-0.15, -0.1) is 0 Å². The number of imidazole rings is 1. The zero-order chi connectivity index (χ0) is 18.0. The maximum absolute atomic E-state index is 5.03. The maximum Gasteiger partial charge on any atom is 0.147 e. The van der Waals surface area contributed by atoms with Crippen molar-refractivity contribution in [2.45, 2.75) is 13.3 Å². The fourth-order valence-corrected chi connectivity index (χ4v) is 4.12. The first kappa shape index (κ1) is 14.7. The molecule has 0 aliphatic heterocycles. The second kappa shape index (κ2) is 5.27. The first-order valence-electron chi connectivity index (χ1n) is 9.35. The molecule has 0 bridgehead atoms. The third-order valence-corrected chi connectivity index (χ3v) is 5.49. The van der Waals surface area contributed by atoms with E-state index in [-0.39, 0.29) is 0 Å². The highest BCUT2D eigenvalue weighted by atomic mass is 15.0. The van der Waals surface area contributed by atoms with Crippen LogP contribution in [0.3, 0.4) is 0 Å². The van der Waals surface area contributed by atoms with Gasteiger partial charge in [0, 0.05) is 16.2 Å². The van der Waals surface area contributed by atoms with Crippen molar-refractivity contribution < 1.29 is 0 Å². The lowest BCUT2D eigenvalue weighted by atomic mass is 10.0. The van der Waals surface area contributed by atoms with Crippen LogP contribution in [0.1, 0.15) is 12.5 Å². The molecule has 128 valence electrons. The lowest BCUT2D eigenvalue weighted by Gasteiger charge is -2.11. The van der Waals surface area contributed by atoms with E-state index in [1.807, 2.05) is 12.1 Å². The number of nitrogens with zero attached hydrogens (tertiary/aromatic N) is 3. The summed E-state index contributed by atoms with van der Waals surface area (Å²) < 4.78 is 2.29. The number of fused-ring (bicyclic) bond motifs is 9. The van der Waals surface area contributed by atoms with Gasteiger partial charge in [-0.3, -0.25) is 4.40 Å². The summed E-state index contributed by atoms with van der Waals surface area (Å²) in [6, 6.07) is 25.6. The summed E-state index contributed by atoms with van der Waals surface area (Å²) in [6.45, 7) is 2.19. The average molecular weight is 347 g/mol. The molecule has 0 atom stereocenters. The number of rotatable bonds is 1. The maximum atomic E-state index is 5.03. The summed E-state index contributed by atoms with van der Waals surface area (Å²) in [4.78, 5) is 10.0. The molecule has 27 heavy (non-hydrogen) atoms. The van der Waals surface area contributed by atoms with Crippen LogP contribution in [0.4, 0.5) is 0 Å². The van der Waals surface area contributed by atoms with Crippen LogP contribution in [0, 0.1) is 0 Å². The molecule has 6 rings (SSSR count). The van der Waals surface area contributed by atoms with E-state index in [0.717, 1.165) is 44.9 Å². The van der Waals surface area contributed by atoms with Crippen molar-refractivity contribution in [3.63, 3.8) is 0 Å². The number of benzene rings is 3. The smallest absolute Gasteiger partial charge is 0.147 e. The Labute approximate surface area is 155 Å². The summed E-state index contributed by atoms with van der Waals surface area (Å²) in [6.07, 6.45) is 1.01. The van der Waals surface area contributed by atoms with Crippen LogP contribution in [-0.4, -0.2) is 14.4 Å². The van der Waals surface area contributed by atoms with Crippen LogP contribution in [0.5, 0.6) is 0 Å². The second-order valence-corrected chi connectivity index (χ2v) is 7.04. The van der Waals surface area contributed by atoms with Gasteiger partial charge in [0.1, 0.15) is 5.65 Å². The van der Waals surface area contributed by atoms with Gasteiger partial charge in [-0.2, -0.15) is 0 Å². The van der Waals surface area contributed by atoms with E-state index in [2.05, 4.69) is 72.0 Å². The largest absolute Gasteiger partial charge is 0.292 e. The number of hydrogen-bond acceptors (Lipinski definition) is 2. The summed E-state index contributed by atoms with van der Waals surface area (Å²) in [5, 5.41) is 3.41. The molecule has 3 heteroatoms. The van der Waals surface area contributed by atoms with Crippen molar-refractivity contribution in [2.24, 2.45) is 0 Å². The van der Waals surface area contributed by atoms with Crippen molar-refractivity contribution in [2.75, 3.05) is 0 Å². The molecule has 3 nitrogen and oxygen atoms in total. The Kier molecular flexibility index (Phi) is 2.87. The van der Waals surface area contributed by atoms with E-state index in [4.69, 9.17) is 9.97 Å². The van der Waals surface area contributed by atoms with Gasteiger partial charge in [0.2, 0.25) is 0 Å². The molecule has 0 saturated heterocycles. The standard InChI is InChI=1S/C24H17N3/c1-2-15-11-12-17-22(13-15)27-21-10-6-5-9-20(21)26-24(27)18-14-16-7-3-4-8-19(16)25-23(17)18/h3-14H,2H2,1H3. The van der Waals surface area contributed by atoms with E-state index in [0.29, 0.717) is 0 Å². The van der Waals surface area contributed by atoms with Crippen LogP contribution in [0.2, 0.25) is 0 Å². The molecule has 0 aliphatic carbocycles. The van der Waals surface area contributed by atoms with Crippen molar-refractivity contribution in [3.05, 3.63) is 78.4 Å². The average Bonchev–Trinajstić information content (AvgIpc) is 3.12. The number of aromatic nitrogens is 3. The highest BCUT2D eigenvalue weighted by Gasteiger charge is 2.15. The predicted octanol–water partition coefficient (Wildman–Crippen LogP) is 5.90. The normalized spacial score (nSPS) is 12.0. The molecule has 0 unspecified atom stereocenters. The molecule has 0 fully saturated rings. The van der Waals surface area contributed by atoms with Crippen molar-refractivity contribution >= 4 is 49.4 Å². The van der Waals surface area contributed by atoms with E-state index in [1.165, 1.54) is 16.5 Å². The van der Waals surface area contributed by atoms with Crippen LogP contribution in [-0.2, 0) is 6.42 Å². The third-order valence-electron chi connectivity index (χ3n) is 5.49. The minimum Gasteiger partial charge on any atom is -0.292 e. The molecule has 6 aromatic rings. The van der Waals surface area contributed by atoms with Gasteiger partial charge in [-0.25, -0.2) is 9.97 Å². The topological polar surface area (TPSA) is 30.2 Å². The molecule has 0 spiro atoms. The number of aryl methyl sites for hydroxylation is 1. The molecule has 3 aromatic heterocycles. The number of para-hydroxylation sites is 3. The van der Waals surface area contributed by atoms with Gasteiger partial charge < -0.3 is 0 Å². The first-order chi connectivity index (χ1) is 13.3. The molecule has 0 saturated carbocycles. The Hall–Kier alpha value is -3.46. The highest BCUT2D eigenvalue weighted by Crippen LogP contribution is 2.33. The van der Waals surface area contributed by atoms with E-state index >= 15 is 0 Å². The van der Waals surface area contributed by atoms with Gasteiger partial charge in [-0.05, 0) is 42.3 Å². The molecular formula is C24H17N3. The molecule has 0 N–H and O–H groups in total. The van der Waals surface area contributed by atoms with E-state index in [9.17, 15) is 0 Å². The Balaban J connectivity index is 1.97. The van der Waals surface area contributed by atoms with Crippen LogP contribution >= 0.6 is 0 Å². The van der Waals surface area contributed by atoms with E-state index < -0.39 is 0 Å². The zero-order valence-corrected chi connectivity index (χ0v) is 15.0. The van der Waals surface area contributed by atoms with E-state index in [1.54, 1.807) is 0 Å². The third kappa shape index (κ3) is 1.97. The lowest BCUT2D eigenvalue weighted by Crippen LogP contribution is -1.95. The Morgan fingerprint density at radius 3 is 2.44 bits per heavy atom. The van der Waals surface area contributed by atoms with Crippen LogP contribution in [0.25, 0.3) is 49.4 Å². The van der Waals surface area contributed by atoms with Crippen LogP contribution in [0.15, 0.2) is 72.8 Å². The number of hydrogen-bond donors (Lipinski definition) is 0. The predicted molar refractivity (Wildman–Crippen MR) is 112 cm³/mol. The monoisotopic (exact) mass is 347 g/mol. The Morgan fingerprint density at radius 2 is 1.56 bits per heavy atom. The summed E-state index contributed by atoms with van der Waals surface area (Å²) in [7, 11) is 0. The summed E-state index contributed by atoms with van der Waals surface area (Å²) in [5.74, 6) is 0. The van der Waals surface area contributed by atoms with Crippen LogP contribution < -0.4 is 0 Å². The van der Waals surface area contributed by atoms with Gasteiger partial charge in [0.25, 0.3) is 0 Å². The van der Waals surface area contributed by atoms with Gasteiger partial charge in [0.15, 0.2) is 0 Å². The molecule has 0 amide bonds. The lowest BCUT2D eigenvalue weighted by molar-refractivity contribution is 1.14. The van der Waals surface area contributed by atoms with Gasteiger partial charge in [-0.1, -0.05) is 49.4 Å². The van der Waals surface area contributed by atoms with Crippen molar-refractivity contribution in [1.82, 2.24) is 14.4 Å². The SMILES string of the molecule is CCc1ccc2c3nc4ccccc4cc3c3nc4ccccc4n3c2c1. The number of pyridine rings is 2.